The molecule has 0 bridgehead atoms. The average Bonchev–Trinajstić information content (AvgIpc) is 3.32. The summed E-state index contributed by atoms with van der Waals surface area (Å²) in [6.45, 7) is 0.176. The first kappa shape index (κ1) is 27.9. The molecule has 4 amide bonds. The zero-order valence-corrected chi connectivity index (χ0v) is 24.7. The topological polar surface area (TPSA) is 115 Å². The molecule has 3 fully saturated rings. The van der Waals surface area contributed by atoms with Crippen molar-refractivity contribution >= 4 is 57.6 Å². The number of hydrogen-bond donors (Lipinski definition) is 2. The van der Waals surface area contributed by atoms with E-state index in [2.05, 4.69) is 0 Å². The number of aromatic hydroxyl groups is 2. The summed E-state index contributed by atoms with van der Waals surface area (Å²) in [7, 11) is 1.36. The maximum Gasteiger partial charge on any atom is 0.253 e. The number of carbonyl (C=O) groups is 4. The smallest absolute Gasteiger partial charge is 0.253 e. The lowest BCUT2D eigenvalue weighted by atomic mass is 9.56. The van der Waals surface area contributed by atoms with Crippen molar-refractivity contribution in [3.63, 3.8) is 0 Å². The molecule has 4 aliphatic rings. The lowest BCUT2D eigenvalue weighted by molar-refractivity contribution is -0.141. The van der Waals surface area contributed by atoms with Gasteiger partial charge in [-0.2, -0.15) is 0 Å². The summed E-state index contributed by atoms with van der Waals surface area (Å²) in [5, 5.41) is 21.4. The Morgan fingerprint density at radius 3 is 2.28 bits per heavy atom. The third-order valence-corrected chi connectivity index (χ3v) is 11.3. The molecule has 0 spiro atoms. The number of allylic oxidation sites excluding steroid dienone is 2. The van der Waals surface area contributed by atoms with E-state index in [1.807, 2.05) is 18.2 Å². The first-order chi connectivity index (χ1) is 20.5. The third kappa shape index (κ3) is 3.69. The van der Waals surface area contributed by atoms with Crippen molar-refractivity contribution in [3.8, 4) is 11.5 Å². The van der Waals surface area contributed by atoms with E-state index in [1.54, 1.807) is 42.5 Å². The van der Waals surface area contributed by atoms with Crippen LogP contribution in [0.4, 0.5) is 0 Å². The summed E-state index contributed by atoms with van der Waals surface area (Å²) in [5.74, 6) is -4.56. The van der Waals surface area contributed by atoms with Crippen LogP contribution in [-0.4, -0.2) is 67.0 Å². The Bertz CT molecular complexity index is 1770. The van der Waals surface area contributed by atoms with E-state index < -0.39 is 45.2 Å². The van der Waals surface area contributed by atoms with Crippen LogP contribution in [0.15, 0.2) is 72.3 Å². The van der Waals surface area contributed by atoms with E-state index in [1.165, 1.54) is 18.0 Å². The van der Waals surface area contributed by atoms with Crippen LogP contribution >= 0.6 is 23.2 Å². The molecule has 3 aromatic rings. The van der Waals surface area contributed by atoms with Gasteiger partial charge in [-0.15, -0.1) is 23.2 Å². The van der Waals surface area contributed by atoms with E-state index in [0.717, 1.165) is 10.5 Å². The molecule has 3 aromatic carbocycles. The average molecular weight is 620 g/mol. The summed E-state index contributed by atoms with van der Waals surface area (Å²) in [6, 6.07) is 17.0. The number of amides is 4. The standard InChI is InChI=1S/C33H28Cl2N2O6/c1-36-30(42)32(34)16-24-22(27(33(32,35)31(36)43)21-12-13-25(39)20-5-3-2-4-19(20)21)10-11-23-26(24)29(41)37(28(23)40)15-14-17-6-8-18(38)9-7-17/h2-10,12-13,23-24,26-27,38-39H,11,14-16H2,1H3/t23-,24+,26-,27-,32+,33-/m0/s1. The molecule has 1 saturated carbocycles. The SMILES string of the molecule is CN1C(=O)[C@]2(Cl)C[C@@H]3C(=CC[C@@H]4C(=O)N(CCc5ccc(O)cc5)C(=O)[C@@H]43)[C@H](c3ccc(O)c4ccccc34)[C@]2(Cl)C1=O. The van der Waals surface area contributed by atoms with Crippen molar-refractivity contribution in [2.24, 2.45) is 17.8 Å². The number of imide groups is 2. The maximum atomic E-state index is 14.0. The first-order valence-corrected chi connectivity index (χ1v) is 15.0. The molecule has 2 saturated heterocycles. The van der Waals surface area contributed by atoms with Gasteiger partial charge in [-0.1, -0.05) is 54.1 Å². The Hall–Kier alpha value is -3.88. The second kappa shape index (κ2) is 9.56. The van der Waals surface area contributed by atoms with Crippen LogP contribution in [0.25, 0.3) is 10.8 Å². The third-order valence-electron chi connectivity index (χ3n) is 9.91. The Labute approximate surface area is 257 Å². The van der Waals surface area contributed by atoms with Gasteiger partial charge >= 0.3 is 0 Å². The van der Waals surface area contributed by atoms with Gasteiger partial charge in [0.25, 0.3) is 11.8 Å². The minimum atomic E-state index is -1.89. The minimum Gasteiger partial charge on any atom is -0.508 e. The van der Waals surface area contributed by atoms with Gasteiger partial charge in [0.15, 0.2) is 9.75 Å². The Morgan fingerprint density at radius 1 is 0.860 bits per heavy atom. The summed E-state index contributed by atoms with van der Waals surface area (Å²) < 4.78 is 0. The van der Waals surface area contributed by atoms with Crippen LogP contribution < -0.4 is 0 Å². The fourth-order valence-electron chi connectivity index (χ4n) is 7.84. The highest BCUT2D eigenvalue weighted by atomic mass is 35.5. The molecular weight excluding hydrogens is 591 g/mol. The number of phenolic OH excluding ortho intramolecular Hbond substituents is 2. The first-order valence-electron chi connectivity index (χ1n) is 14.2. The predicted molar refractivity (Wildman–Crippen MR) is 160 cm³/mol. The second-order valence-electron chi connectivity index (χ2n) is 12.0. The van der Waals surface area contributed by atoms with Gasteiger partial charge in [0.05, 0.1) is 11.8 Å². The largest absolute Gasteiger partial charge is 0.508 e. The number of hydrogen-bond acceptors (Lipinski definition) is 6. The van der Waals surface area contributed by atoms with Crippen LogP contribution in [0.5, 0.6) is 11.5 Å². The van der Waals surface area contributed by atoms with E-state index in [0.29, 0.717) is 28.3 Å². The number of fused-ring (bicyclic) bond motifs is 5. The molecule has 0 radical (unpaired) electrons. The number of alkyl halides is 2. The quantitative estimate of drug-likeness (QED) is 0.253. The van der Waals surface area contributed by atoms with Gasteiger partial charge in [-0.25, -0.2) is 0 Å². The normalized spacial score (nSPS) is 31.7. The molecule has 2 aliphatic heterocycles. The van der Waals surface area contributed by atoms with Crippen LogP contribution in [0, 0.1) is 17.8 Å². The highest BCUT2D eigenvalue weighted by Crippen LogP contribution is 2.65. The van der Waals surface area contributed by atoms with Crippen LogP contribution in [0.3, 0.4) is 0 Å². The molecule has 6 atom stereocenters. The Balaban J connectivity index is 1.34. The highest BCUT2D eigenvalue weighted by molar-refractivity contribution is 6.53. The number of likely N-dealkylation sites (tertiary alicyclic amines) is 2. The molecule has 43 heavy (non-hydrogen) atoms. The minimum absolute atomic E-state index is 0.0527. The van der Waals surface area contributed by atoms with E-state index in [4.69, 9.17) is 23.2 Å². The molecule has 0 aromatic heterocycles. The molecule has 2 aliphatic carbocycles. The van der Waals surface area contributed by atoms with Crippen molar-refractivity contribution in [1.29, 1.82) is 0 Å². The summed E-state index contributed by atoms with van der Waals surface area (Å²) in [5.41, 5.74) is 2.19. The van der Waals surface area contributed by atoms with Gasteiger partial charge in [-0.05, 0) is 59.9 Å². The Morgan fingerprint density at radius 2 is 1.56 bits per heavy atom. The molecule has 10 heteroatoms. The van der Waals surface area contributed by atoms with Gasteiger partial charge in [0.2, 0.25) is 11.8 Å². The molecule has 2 heterocycles. The fourth-order valence-corrected chi connectivity index (χ4v) is 8.85. The lowest BCUT2D eigenvalue weighted by Gasteiger charge is -2.51. The monoisotopic (exact) mass is 618 g/mol. The summed E-state index contributed by atoms with van der Waals surface area (Å²) in [6.07, 6.45) is 2.54. The Kier molecular flexibility index (Phi) is 6.21. The van der Waals surface area contributed by atoms with Crippen molar-refractivity contribution in [2.45, 2.75) is 34.9 Å². The highest BCUT2D eigenvalue weighted by Gasteiger charge is 2.76. The number of halogens is 2. The molecule has 0 unspecified atom stereocenters. The summed E-state index contributed by atoms with van der Waals surface area (Å²) in [4.78, 5) is 53.7. The molecule has 2 N–H and O–H groups in total. The van der Waals surface area contributed by atoms with Gasteiger partial charge < -0.3 is 10.2 Å². The summed E-state index contributed by atoms with van der Waals surface area (Å²) >= 11 is 14.6. The molecule has 220 valence electrons. The number of phenols is 2. The van der Waals surface area contributed by atoms with E-state index in [-0.39, 0.29) is 42.7 Å². The van der Waals surface area contributed by atoms with Gasteiger partial charge in [-0.3, -0.25) is 29.0 Å². The number of nitrogens with zero attached hydrogens (tertiary/aromatic N) is 2. The maximum absolute atomic E-state index is 14.0. The lowest BCUT2D eigenvalue weighted by Crippen LogP contribution is -2.60. The predicted octanol–water partition coefficient (Wildman–Crippen LogP) is 4.48. The van der Waals surface area contributed by atoms with E-state index >= 15 is 0 Å². The number of carbonyl (C=O) groups excluding carboxylic acids is 4. The van der Waals surface area contributed by atoms with Crippen LogP contribution in [-0.2, 0) is 25.6 Å². The van der Waals surface area contributed by atoms with Crippen molar-refractivity contribution in [1.82, 2.24) is 9.80 Å². The molecule has 7 rings (SSSR count). The molecule has 8 nitrogen and oxygen atoms in total. The van der Waals surface area contributed by atoms with Gasteiger partial charge in [0.1, 0.15) is 11.5 Å². The number of benzene rings is 3. The second-order valence-corrected chi connectivity index (χ2v) is 13.2. The van der Waals surface area contributed by atoms with Gasteiger partial charge in [0, 0.05) is 24.9 Å². The van der Waals surface area contributed by atoms with Crippen molar-refractivity contribution in [3.05, 3.63) is 83.4 Å². The van der Waals surface area contributed by atoms with Crippen LogP contribution in [0.1, 0.15) is 29.9 Å². The van der Waals surface area contributed by atoms with Crippen molar-refractivity contribution < 1.29 is 29.4 Å². The molecular formula is C33H28Cl2N2O6. The van der Waals surface area contributed by atoms with E-state index in [9.17, 15) is 29.4 Å². The number of rotatable bonds is 4. The van der Waals surface area contributed by atoms with Crippen molar-refractivity contribution in [2.75, 3.05) is 13.6 Å². The fraction of sp³-hybridized carbons (Fsp3) is 0.333. The zero-order valence-electron chi connectivity index (χ0n) is 23.2. The van der Waals surface area contributed by atoms with Crippen LogP contribution in [0.2, 0.25) is 0 Å². The zero-order chi connectivity index (χ0) is 30.4.